The Morgan fingerprint density at radius 2 is 1.75 bits per heavy atom. The van der Waals surface area contributed by atoms with Gasteiger partial charge in [-0.15, -0.1) is 0 Å². The molecule has 0 bridgehead atoms. The van der Waals surface area contributed by atoms with E-state index in [2.05, 4.69) is 0 Å². The molecule has 0 aliphatic rings. The van der Waals surface area contributed by atoms with Crippen LogP contribution in [0, 0.1) is 0 Å². The Morgan fingerprint density at radius 1 is 1.00 bits per heavy atom. The highest BCUT2D eigenvalue weighted by atomic mass is 16.3. The molecule has 0 saturated heterocycles. The van der Waals surface area contributed by atoms with Gasteiger partial charge in [0.05, 0.1) is 5.56 Å². The van der Waals surface area contributed by atoms with Gasteiger partial charge in [-0.25, -0.2) is 0 Å². The first kappa shape index (κ1) is 6.98. The third kappa shape index (κ3) is 1.07. The second-order valence-corrected chi connectivity index (χ2v) is 2.54. The lowest BCUT2D eigenvalue weighted by molar-refractivity contribution is 0.459. The van der Waals surface area contributed by atoms with E-state index in [4.69, 9.17) is 4.42 Å². The molecule has 12 heavy (non-hydrogen) atoms. The van der Waals surface area contributed by atoms with Crippen LogP contribution in [0.5, 0.6) is 5.75 Å². The Hall–Kier alpha value is -1.70. The second-order valence-electron chi connectivity index (χ2n) is 2.54. The minimum Gasteiger partial charge on any atom is -0.504 e. The smallest absolute Gasteiger partial charge is 0.161 e. The summed E-state index contributed by atoms with van der Waals surface area (Å²) in [6.07, 6.45) is 2.85. The van der Waals surface area contributed by atoms with Crippen molar-refractivity contribution >= 4 is 0 Å². The summed E-state index contributed by atoms with van der Waals surface area (Å²) in [5.41, 5.74) is 1.69. The summed E-state index contributed by atoms with van der Waals surface area (Å²) in [5.74, 6) is 0.182. The van der Waals surface area contributed by atoms with Gasteiger partial charge in [0.15, 0.2) is 5.75 Å². The van der Waals surface area contributed by atoms with Gasteiger partial charge >= 0.3 is 0 Å². The van der Waals surface area contributed by atoms with Gasteiger partial charge in [-0.05, 0) is 5.56 Å². The molecule has 2 aromatic rings. The monoisotopic (exact) mass is 160 g/mol. The maximum Gasteiger partial charge on any atom is 0.161 e. The number of benzene rings is 1. The molecule has 0 radical (unpaired) electrons. The van der Waals surface area contributed by atoms with Crippen LogP contribution in [-0.2, 0) is 0 Å². The van der Waals surface area contributed by atoms with Crippen molar-refractivity contribution < 1.29 is 9.52 Å². The van der Waals surface area contributed by atoms with Crippen molar-refractivity contribution in [1.29, 1.82) is 0 Å². The zero-order valence-electron chi connectivity index (χ0n) is 6.40. The van der Waals surface area contributed by atoms with Crippen LogP contribution in [0.2, 0.25) is 0 Å². The average molecular weight is 160 g/mol. The van der Waals surface area contributed by atoms with Crippen molar-refractivity contribution in [2.45, 2.75) is 0 Å². The van der Waals surface area contributed by atoms with Crippen LogP contribution in [0.4, 0.5) is 0 Å². The summed E-state index contributed by atoms with van der Waals surface area (Å²) in [4.78, 5) is 0. The molecule has 0 aliphatic carbocycles. The number of rotatable bonds is 1. The van der Waals surface area contributed by atoms with Crippen LogP contribution >= 0.6 is 0 Å². The van der Waals surface area contributed by atoms with E-state index in [9.17, 15) is 5.11 Å². The minimum atomic E-state index is 0.182. The molecular formula is C10H8O2. The molecule has 60 valence electrons. The molecule has 0 atom stereocenters. The molecule has 2 rings (SSSR count). The second kappa shape index (κ2) is 2.74. The summed E-state index contributed by atoms with van der Waals surface area (Å²) in [6, 6.07) is 9.61. The van der Waals surface area contributed by atoms with Crippen molar-refractivity contribution in [3.63, 3.8) is 0 Å². The molecule has 1 N–H and O–H groups in total. The predicted molar refractivity (Wildman–Crippen MR) is 45.8 cm³/mol. The Labute approximate surface area is 70.1 Å². The summed E-state index contributed by atoms with van der Waals surface area (Å²) >= 11 is 0. The van der Waals surface area contributed by atoms with Crippen molar-refractivity contribution in [3.8, 4) is 16.9 Å². The van der Waals surface area contributed by atoms with E-state index >= 15 is 0 Å². The standard InChI is InChI=1S/C10H8O2/c11-10-7-12-6-9(10)8-4-2-1-3-5-8/h1-7,11H. The maximum atomic E-state index is 9.31. The topological polar surface area (TPSA) is 33.4 Å². The lowest BCUT2D eigenvalue weighted by Gasteiger charge is -1.95. The molecule has 2 heteroatoms. The van der Waals surface area contributed by atoms with Gasteiger partial charge in [-0.3, -0.25) is 0 Å². The van der Waals surface area contributed by atoms with E-state index in [0.29, 0.717) is 0 Å². The highest BCUT2D eigenvalue weighted by Crippen LogP contribution is 2.29. The minimum absolute atomic E-state index is 0.182. The third-order valence-corrected chi connectivity index (χ3v) is 1.73. The molecular weight excluding hydrogens is 152 g/mol. The third-order valence-electron chi connectivity index (χ3n) is 1.73. The molecule has 0 spiro atoms. The van der Waals surface area contributed by atoms with Crippen molar-refractivity contribution in [2.75, 3.05) is 0 Å². The number of hydrogen-bond acceptors (Lipinski definition) is 2. The fraction of sp³-hybridized carbons (Fsp3) is 0. The number of aromatic hydroxyl groups is 1. The van der Waals surface area contributed by atoms with E-state index in [1.54, 1.807) is 0 Å². The zero-order valence-corrected chi connectivity index (χ0v) is 6.40. The number of hydrogen-bond donors (Lipinski definition) is 1. The van der Waals surface area contributed by atoms with Crippen LogP contribution in [0.15, 0.2) is 47.3 Å². The Morgan fingerprint density at radius 3 is 2.33 bits per heavy atom. The molecule has 0 unspecified atom stereocenters. The zero-order chi connectivity index (χ0) is 8.39. The first-order chi connectivity index (χ1) is 5.88. The van der Waals surface area contributed by atoms with E-state index < -0.39 is 0 Å². The molecule has 0 aliphatic heterocycles. The molecule has 0 amide bonds. The summed E-state index contributed by atoms with van der Waals surface area (Å²) < 4.78 is 4.85. The van der Waals surface area contributed by atoms with Crippen LogP contribution in [0.25, 0.3) is 11.1 Å². The van der Waals surface area contributed by atoms with Crippen molar-refractivity contribution in [3.05, 3.63) is 42.9 Å². The number of furan rings is 1. The summed E-state index contributed by atoms with van der Waals surface area (Å²) in [7, 11) is 0. The van der Waals surface area contributed by atoms with Gasteiger partial charge in [0.2, 0.25) is 0 Å². The van der Waals surface area contributed by atoms with Gasteiger partial charge < -0.3 is 9.52 Å². The van der Waals surface area contributed by atoms with Gasteiger partial charge in [-0.2, -0.15) is 0 Å². The Balaban J connectivity index is 2.51. The summed E-state index contributed by atoms with van der Waals surface area (Å²) in [6.45, 7) is 0. The highest BCUT2D eigenvalue weighted by Gasteiger charge is 2.04. The SMILES string of the molecule is Oc1cocc1-c1ccccc1. The van der Waals surface area contributed by atoms with Crippen molar-refractivity contribution in [2.24, 2.45) is 0 Å². The lowest BCUT2D eigenvalue weighted by atomic mass is 10.1. The van der Waals surface area contributed by atoms with E-state index in [-0.39, 0.29) is 5.75 Å². The highest BCUT2D eigenvalue weighted by molar-refractivity contribution is 5.68. The van der Waals surface area contributed by atoms with E-state index in [1.807, 2.05) is 30.3 Å². The van der Waals surface area contributed by atoms with Gasteiger partial charge in [0.25, 0.3) is 0 Å². The lowest BCUT2D eigenvalue weighted by Crippen LogP contribution is -1.71. The van der Waals surface area contributed by atoms with Crippen LogP contribution in [0.3, 0.4) is 0 Å². The van der Waals surface area contributed by atoms with Gasteiger partial charge in [0, 0.05) is 0 Å². The fourth-order valence-corrected chi connectivity index (χ4v) is 1.12. The Bertz CT molecular complexity index is 362. The normalized spacial score (nSPS) is 10.0. The molecule has 1 aromatic heterocycles. The first-order valence-electron chi connectivity index (χ1n) is 3.68. The van der Waals surface area contributed by atoms with E-state index in [1.165, 1.54) is 12.5 Å². The molecule has 1 aromatic carbocycles. The average Bonchev–Trinajstić information content (AvgIpc) is 2.53. The fourth-order valence-electron chi connectivity index (χ4n) is 1.12. The Kier molecular flexibility index (Phi) is 1.59. The van der Waals surface area contributed by atoms with Gasteiger partial charge in [0.1, 0.15) is 12.5 Å². The summed E-state index contributed by atoms with van der Waals surface area (Å²) in [5, 5.41) is 9.31. The molecule has 2 nitrogen and oxygen atoms in total. The molecule has 0 saturated carbocycles. The maximum absolute atomic E-state index is 9.31. The predicted octanol–water partition coefficient (Wildman–Crippen LogP) is 2.65. The molecule has 0 fully saturated rings. The quantitative estimate of drug-likeness (QED) is 0.695. The van der Waals surface area contributed by atoms with Crippen LogP contribution < -0.4 is 0 Å². The first-order valence-corrected chi connectivity index (χ1v) is 3.68. The largest absolute Gasteiger partial charge is 0.504 e. The van der Waals surface area contributed by atoms with E-state index in [0.717, 1.165) is 11.1 Å². The van der Waals surface area contributed by atoms with Crippen molar-refractivity contribution in [1.82, 2.24) is 0 Å². The molecule has 1 heterocycles. The van der Waals surface area contributed by atoms with Crippen LogP contribution in [-0.4, -0.2) is 5.11 Å². The van der Waals surface area contributed by atoms with Gasteiger partial charge in [-0.1, -0.05) is 30.3 Å². The van der Waals surface area contributed by atoms with Crippen LogP contribution in [0.1, 0.15) is 0 Å².